The molecule has 2 atom stereocenters. The SMILES string of the molecule is CCOC(=O)CC(=O)N1CCCC(NC(=O)NC(CN2CCC(O)(c3ccc(Cl)cc3)CC2)CC(C)(c2ccccc2)c2ccccc2)C1. The Hall–Kier alpha value is -3.92. The van der Waals surface area contributed by atoms with Crippen molar-refractivity contribution in [2.45, 2.75) is 75.5 Å². The number of nitrogens with one attached hydrogen (secondary N) is 2. The molecule has 2 aliphatic rings. The lowest BCUT2D eigenvalue weighted by molar-refractivity contribution is -0.149. The minimum atomic E-state index is -0.929. The summed E-state index contributed by atoms with van der Waals surface area (Å²) in [6.07, 6.45) is 2.95. The summed E-state index contributed by atoms with van der Waals surface area (Å²) < 4.78 is 4.95. The standard InChI is InChI=1S/C39H49ClN4O5/c1-3-49-36(46)25-35(45)44-22-10-15-33(28-44)41-37(47)42-34(26-38(2,29-11-6-4-7-12-29)30-13-8-5-9-14-30)27-43-23-20-39(48,21-24-43)31-16-18-32(40)19-17-31/h4-9,11-14,16-19,33-34,48H,3,10,15,20-28H2,1-2H3,(H2,41,42,47). The molecule has 2 fully saturated rings. The summed E-state index contributed by atoms with van der Waals surface area (Å²) in [5.41, 5.74) is 1.86. The third-order valence-corrected chi connectivity index (χ3v) is 10.3. The van der Waals surface area contributed by atoms with Gasteiger partial charge in [0.25, 0.3) is 0 Å². The second-order valence-electron chi connectivity index (χ2n) is 13.6. The fourth-order valence-corrected chi connectivity index (χ4v) is 7.44. The fourth-order valence-electron chi connectivity index (χ4n) is 7.32. The van der Waals surface area contributed by atoms with Crippen molar-refractivity contribution in [3.05, 3.63) is 107 Å². The number of urea groups is 1. The number of nitrogens with zero attached hydrogens (tertiary/aromatic N) is 2. The number of halogens is 1. The van der Waals surface area contributed by atoms with Crippen molar-refractivity contribution < 1.29 is 24.2 Å². The van der Waals surface area contributed by atoms with Crippen LogP contribution in [-0.2, 0) is 25.3 Å². The van der Waals surface area contributed by atoms with E-state index in [1.165, 1.54) is 0 Å². The van der Waals surface area contributed by atoms with E-state index in [0.717, 1.165) is 29.5 Å². The minimum absolute atomic E-state index is 0.228. The Morgan fingerprint density at radius 2 is 1.57 bits per heavy atom. The maximum Gasteiger partial charge on any atom is 0.315 e. The number of esters is 1. The van der Waals surface area contributed by atoms with Crippen LogP contribution < -0.4 is 10.6 Å². The zero-order valence-electron chi connectivity index (χ0n) is 28.6. The van der Waals surface area contributed by atoms with Gasteiger partial charge in [-0.1, -0.05) is 91.3 Å². The zero-order chi connectivity index (χ0) is 34.9. The van der Waals surface area contributed by atoms with Crippen LogP contribution in [0.3, 0.4) is 0 Å². The number of hydrogen-bond acceptors (Lipinski definition) is 6. The highest BCUT2D eigenvalue weighted by Gasteiger charge is 2.37. The largest absolute Gasteiger partial charge is 0.466 e. The molecule has 0 radical (unpaired) electrons. The predicted octanol–water partition coefficient (Wildman–Crippen LogP) is 5.63. The normalized spacial score (nSPS) is 18.7. The van der Waals surface area contributed by atoms with Crippen molar-refractivity contribution >= 4 is 29.5 Å². The average molecular weight is 689 g/mol. The molecule has 0 bridgehead atoms. The number of aliphatic hydroxyl groups is 1. The van der Waals surface area contributed by atoms with Crippen molar-refractivity contribution in [3.63, 3.8) is 0 Å². The summed E-state index contributed by atoms with van der Waals surface area (Å²) in [5.74, 6) is -0.819. The van der Waals surface area contributed by atoms with Gasteiger partial charge in [-0.3, -0.25) is 9.59 Å². The maximum absolute atomic E-state index is 13.7. The number of piperidine rings is 2. The van der Waals surface area contributed by atoms with E-state index < -0.39 is 17.0 Å². The van der Waals surface area contributed by atoms with Crippen molar-refractivity contribution in [2.75, 3.05) is 39.3 Å². The lowest BCUT2D eigenvalue weighted by atomic mass is 9.72. The number of carbonyl (C=O) groups is 3. The summed E-state index contributed by atoms with van der Waals surface area (Å²) in [6, 6.07) is 27.4. The number of ether oxygens (including phenoxy) is 1. The molecule has 2 saturated heterocycles. The van der Waals surface area contributed by atoms with Crippen LogP contribution in [0.2, 0.25) is 5.02 Å². The molecule has 0 aliphatic carbocycles. The van der Waals surface area contributed by atoms with Gasteiger partial charge in [0.2, 0.25) is 5.91 Å². The van der Waals surface area contributed by atoms with Crippen molar-refractivity contribution in [1.82, 2.24) is 20.4 Å². The van der Waals surface area contributed by atoms with Gasteiger partial charge < -0.3 is 30.3 Å². The first-order valence-electron chi connectivity index (χ1n) is 17.4. The molecule has 2 unspecified atom stereocenters. The summed E-state index contributed by atoms with van der Waals surface area (Å²) in [4.78, 5) is 42.3. The van der Waals surface area contributed by atoms with Gasteiger partial charge in [0.05, 0.1) is 12.2 Å². The van der Waals surface area contributed by atoms with Gasteiger partial charge in [-0.15, -0.1) is 0 Å². The van der Waals surface area contributed by atoms with E-state index >= 15 is 0 Å². The van der Waals surface area contributed by atoms with E-state index in [1.54, 1.807) is 11.8 Å². The van der Waals surface area contributed by atoms with E-state index in [9.17, 15) is 19.5 Å². The topological polar surface area (TPSA) is 111 Å². The molecule has 3 aromatic rings. The number of benzene rings is 3. The summed E-state index contributed by atoms with van der Waals surface area (Å²) in [5, 5.41) is 18.6. The molecular formula is C39H49ClN4O5. The molecular weight excluding hydrogens is 640 g/mol. The average Bonchev–Trinajstić information content (AvgIpc) is 3.10. The first-order chi connectivity index (χ1) is 23.6. The third kappa shape index (κ3) is 9.62. The van der Waals surface area contributed by atoms with Crippen LogP contribution in [0.4, 0.5) is 4.79 Å². The summed E-state index contributed by atoms with van der Waals surface area (Å²) in [7, 11) is 0. The quantitative estimate of drug-likeness (QED) is 0.168. The molecule has 49 heavy (non-hydrogen) atoms. The maximum atomic E-state index is 13.7. The number of hydrogen-bond donors (Lipinski definition) is 3. The smallest absolute Gasteiger partial charge is 0.315 e. The molecule has 0 saturated carbocycles. The predicted molar refractivity (Wildman–Crippen MR) is 191 cm³/mol. The highest BCUT2D eigenvalue weighted by atomic mass is 35.5. The lowest BCUT2D eigenvalue weighted by Gasteiger charge is -2.41. The fraction of sp³-hybridized carbons (Fsp3) is 0.462. The molecule has 5 rings (SSSR count). The highest BCUT2D eigenvalue weighted by Crippen LogP contribution is 2.38. The monoisotopic (exact) mass is 688 g/mol. The van der Waals surface area contributed by atoms with Gasteiger partial charge in [-0.25, -0.2) is 4.79 Å². The molecule has 2 aliphatic heterocycles. The third-order valence-electron chi connectivity index (χ3n) is 10.1. The Morgan fingerprint density at radius 1 is 0.959 bits per heavy atom. The number of carbonyl (C=O) groups excluding carboxylic acids is 3. The van der Waals surface area contributed by atoms with Crippen LogP contribution in [0.1, 0.15) is 69.1 Å². The van der Waals surface area contributed by atoms with Crippen LogP contribution in [0, 0.1) is 0 Å². The van der Waals surface area contributed by atoms with Crippen LogP contribution >= 0.6 is 11.6 Å². The molecule has 0 aromatic heterocycles. The zero-order valence-corrected chi connectivity index (χ0v) is 29.3. The second kappa shape index (κ2) is 16.7. The first kappa shape index (κ1) is 36.4. The molecule has 3 amide bonds. The molecule has 262 valence electrons. The van der Waals surface area contributed by atoms with Gasteiger partial charge in [-0.05, 0) is 67.9 Å². The number of likely N-dealkylation sites (tertiary alicyclic amines) is 2. The van der Waals surface area contributed by atoms with Crippen molar-refractivity contribution in [3.8, 4) is 0 Å². The van der Waals surface area contributed by atoms with E-state index in [-0.39, 0.29) is 37.0 Å². The van der Waals surface area contributed by atoms with Gasteiger partial charge in [0.1, 0.15) is 6.42 Å². The van der Waals surface area contributed by atoms with E-state index in [4.69, 9.17) is 16.3 Å². The van der Waals surface area contributed by atoms with E-state index in [0.29, 0.717) is 57.0 Å². The van der Waals surface area contributed by atoms with Gasteiger partial charge in [0, 0.05) is 55.2 Å². The van der Waals surface area contributed by atoms with Crippen molar-refractivity contribution in [2.24, 2.45) is 0 Å². The molecule has 10 heteroatoms. The van der Waals surface area contributed by atoms with Crippen LogP contribution in [0.5, 0.6) is 0 Å². The summed E-state index contributed by atoms with van der Waals surface area (Å²) >= 11 is 6.11. The molecule has 9 nitrogen and oxygen atoms in total. The minimum Gasteiger partial charge on any atom is -0.466 e. The highest BCUT2D eigenvalue weighted by molar-refractivity contribution is 6.30. The summed E-state index contributed by atoms with van der Waals surface area (Å²) in [6.45, 7) is 7.01. The van der Waals surface area contributed by atoms with Crippen LogP contribution in [0.15, 0.2) is 84.9 Å². The van der Waals surface area contributed by atoms with E-state index in [2.05, 4.69) is 46.7 Å². The Bertz CT molecular complexity index is 1490. The number of amides is 3. The molecule has 3 N–H and O–H groups in total. The molecule has 2 heterocycles. The van der Waals surface area contributed by atoms with Crippen LogP contribution in [-0.4, -0.2) is 84.2 Å². The second-order valence-corrected chi connectivity index (χ2v) is 14.0. The Balaban J connectivity index is 1.31. The Labute approximate surface area is 295 Å². The van der Waals surface area contributed by atoms with E-state index in [1.807, 2.05) is 60.7 Å². The van der Waals surface area contributed by atoms with Gasteiger partial charge >= 0.3 is 12.0 Å². The Kier molecular flexibility index (Phi) is 12.4. The van der Waals surface area contributed by atoms with Gasteiger partial charge in [0.15, 0.2) is 0 Å². The number of rotatable bonds is 12. The van der Waals surface area contributed by atoms with Gasteiger partial charge in [-0.2, -0.15) is 0 Å². The lowest BCUT2D eigenvalue weighted by Crippen LogP contribution is -2.56. The van der Waals surface area contributed by atoms with Crippen LogP contribution in [0.25, 0.3) is 0 Å². The molecule has 0 spiro atoms. The Morgan fingerprint density at radius 3 is 2.16 bits per heavy atom. The van der Waals surface area contributed by atoms with Crippen molar-refractivity contribution in [1.29, 1.82) is 0 Å². The molecule has 3 aromatic carbocycles. The first-order valence-corrected chi connectivity index (χ1v) is 17.8.